The summed E-state index contributed by atoms with van der Waals surface area (Å²) in [6, 6.07) is 9.75. The number of hydrogen-bond acceptors (Lipinski definition) is 6. The van der Waals surface area contributed by atoms with E-state index in [-0.39, 0.29) is 11.9 Å². The zero-order valence-corrected chi connectivity index (χ0v) is 16.4. The van der Waals surface area contributed by atoms with Gasteiger partial charge in [-0.2, -0.15) is 0 Å². The van der Waals surface area contributed by atoms with E-state index in [4.69, 9.17) is 9.26 Å². The third-order valence-electron chi connectivity index (χ3n) is 5.36. The van der Waals surface area contributed by atoms with E-state index in [2.05, 4.69) is 27.2 Å². The zero-order valence-electron chi connectivity index (χ0n) is 16.4. The zero-order chi connectivity index (χ0) is 19.3. The van der Waals surface area contributed by atoms with Crippen molar-refractivity contribution in [3.05, 3.63) is 35.9 Å². The molecule has 2 aliphatic rings. The lowest BCUT2D eigenvalue weighted by Gasteiger charge is -2.27. The Bertz CT molecular complexity index is 780. The van der Waals surface area contributed by atoms with Crippen LogP contribution in [-0.2, 0) is 4.74 Å². The van der Waals surface area contributed by atoms with Crippen molar-refractivity contribution in [2.45, 2.75) is 25.8 Å². The molecular formula is C21H28N4O3. The van der Waals surface area contributed by atoms with Gasteiger partial charge in [0.25, 0.3) is 5.91 Å². The molecule has 0 saturated carbocycles. The molecule has 2 saturated heterocycles. The summed E-state index contributed by atoms with van der Waals surface area (Å²) >= 11 is 0. The van der Waals surface area contributed by atoms with Gasteiger partial charge in [-0.3, -0.25) is 4.79 Å². The molecule has 0 spiro atoms. The van der Waals surface area contributed by atoms with Gasteiger partial charge in [0.05, 0.1) is 13.2 Å². The van der Waals surface area contributed by atoms with E-state index in [1.54, 1.807) is 0 Å². The van der Waals surface area contributed by atoms with Gasteiger partial charge < -0.3 is 24.4 Å². The molecule has 1 N–H and O–H groups in total. The molecule has 1 unspecified atom stereocenters. The Labute approximate surface area is 165 Å². The van der Waals surface area contributed by atoms with Gasteiger partial charge in [0, 0.05) is 31.2 Å². The number of ether oxygens (including phenoxy) is 1. The molecule has 1 amide bonds. The lowest BCUT2D eigenvalue weighted by Crippen LogP contribution is -2.42. The van der Waals surface area contributed by atoms with Crippen LogP contribution in [0.25, 0.3) is 11.3 Å². The summed E-state index contributed by atoms with van der Waals surface area (Å²) in [5.41, 5.74) is 1.37. The van der Waals surface area contributed by atoms with Crippen LogP contribution in [0.3, 0.4) is 0 Å². The van der Waals surface area contributed by atoms with Crippen molar-refractivity contribution in [1.82, 2.24) is 15.4 Å². The molecule has 1 aromatic carbocycles. The Morgan fingerprint density at radius 1 is 1.14 bits per heavy atom. The van der Waals surface area contributed by atoms with Gasteiger partial charge in [-0.15, -0.1) is 0 Å². The number of likely N-dealkylation sites (tertiary alicyclic amines) is 1. The Morgan fingerprint density at radius 3 is 2.57 bits per heavy atom. The molecule has 0 radical (unpaired) electrons. The highest BCUT2D eigenvalue weighted by atomic mass is 16.5. The van der Waals surface area contributed by atoms with E-state index in [9.17, 15) is 4.79 Å². The first kappa shape index (κ1) is 19.0. The number of morpholine rings is 1. The fourth-order valence-electron chi connectivity index (χ4n) is 3.96. The van der Waals surface area contributed by atoms with Crippen molar-refractivity contribution in [1.29, 1.82) is 0 Å². The standard InChI is InChI=1S/C21H28N4O3/c1-16(15-24-9-5-6-10-24)22-21(26)18-19(17-7-3-2-4-8-17)28-23-20(18)25-11-13-27-14-12-25/h2-4,7-8,16H,5-6,9-15H2,1H3,(H,22,26). The first-order valence-electron chi connectivity index (χ1n) is 10.1. The number of hydrogen-bond donors (Lipinski definition) is 1. The highest BCUT2D eigenvalue weighted by molar-refractivity contribution is 6.04. The van der Waals surface area contributed by atoms with Crippen molar-refractivity contribution >= 4 is 11.7 Å². The molecule has 28 heavy (non-hydrogen) atoms. The van der Waals surface area contributed by atoms with Crippen molar-refractivity contribution in [2.75, 3.05) is 50.8 Å². The van der Waals surface area contributed by atoms with Crippen LogP contribution >= 0.6 is 0 Å². The van der Waals surface area contributed by atoms with Gasteiger partial charge in [-0.1, -0.05) is 35.5 Å². The molecule has 7 nitrogen and oxygen atoms in total. The van der Waals surface area contributed by atoms with Crippen LogP contribution in [0.1, 0.15) is 30.1 Å². The largest absolute Gasteiger partial charge is 0.378 e. The van der Waals surface area contributed by atoms with E-state index in [0.717, 1.165) is 25.2 Å². The number of rotatable bonds is 6. The number of amides is 1. The normalized spacial score (nSPS) is 19.0. The average molecular weight is 384 g/mol. The molecule has 2 fully saturated rings. The minimum atomic E-state index is -0.131. The Hall–Kier alpha value is -2.38. The van der Waals surface area contributed by atoms with Crippen molar-refractivity contribution in [3.8, 4) is 11.3 Å². The molecule has 2 aliphatic heterocycles. The molecule has 3 heterocycles. The van der Waals surface area contributed by atoms with E-state index >= 15 is 0 Å². The summed E-state index contributed by atoms with van der Waals surface area (Å²) in [6.45, 7) is 7.79. The second-order valence-corrected chi connectivity index (χ2v) is 7.56. The molecule has 7 heteroatoms. The number of anilines is 1. The third-order valence-corrected chi connectivity index (χ3v) is 5.36. The van der Waals surface area contributed by atoms with E-state index in [1.807, 2.05) is 30.3 Å². The SMILES string of the molecule is CC(CN1CCCC1)NC(=O)c1c(N2CCOCC2)noc1-c1ccccc1. The highest BCUT2D eigenvalue weighted by Gasteiger charge is 2.29. The molecule has 1 aromatic heterocycles. The van der Waals surface area contributed by atoms with Crippen molar-refractivity contribution in [2.24, 2.45) is 0 Å². The number of benzene rings is 1. The predicted molar refractivity (Wildman–Crippen MR) is 108 cm³/mol. The first-order chi connectivity index (χ1) is 13.7. The number of nitrogens with zero attached hydrogens (tertiary/aromatic N) is 3. The third kappa shape index (κ3) is 4.20. The maximum Gasteiger partial charge on any atom is 0.259 e. The Morgan fingerprint density at radius 2 is 1.86 bits per heavy atom. The van der Waals surface area contributed by atoms with E-state index < -0.39 is 0 Å². The second-order valence-electron chi connectivity index (χ2n) is 7.56. The Kier molecular flexibility index (Phi) is 5.92. The van der Waals surface area contributed by atoms with Crippen LogP contribution in [0, 0.1) is 0 Å². The number of carbonyl (C=O) groups excluding carboxylic acids is 1. The van der Waals surface area contributed by atoms with Crippen LogP contribution in [-0.4, -0.2) is 67.9 Å². The molecule has 1 atom stereocenters. The quantitative estimate of drug-likeness (QED) is 0.825. The predicted octanol–water partition coefficient (Wildman–Crippen LogP) is 2.39. The number of aromatic nitrogens is 1. The van der Waals surface area contributed by atoms with Gasteiger partial charge in [0.2, 0.25) is 0 Å². The highest BCUT2D eigenvalue weighted by Crippen LogP contribution is 2.31. The fourth-order valence-corrected chi connectivity index (χ4v) is 3.96. The lowest BCUT2D eigenvalue weighted by atomic mass is 10.1. The summed E-state index contributed by atoms with van der Waals surface area (Å²) in [5, 5.41) is 7.43. The summed E-state index contributed by atoms with van der Waals surface area (Å²) in [6.07, 6.45) is 2.48. The van der Waals surface area contributed by atoms with Gasteiger partial charge in [-0.25, -0.2) is 0 Å². The smallest absolute Gasteiger partial charge is 0.259 e. The average Bonchev–Trinajstić information content (AvgIpc) is 3.39. The molecule has 0 aliphatic carbocycles. The topological polar surface area (TPSA) is 70.8 Å². The Balaban J connectivity index is 1.58. The fraction of sp³-hybridized carbons (Fsp3) is 0.524. The lowest BCUT2D eigenvalue weighted by molar-refractivity contribution is 0.0931. The maximum atomic E-state index is 13.3. The first-order valence-corrected chi connectivity index (χ1v) is 10.1. The summed E-state index contributed by atoms with van der Waals surface area (Å²) in [4.78, 5) is 17.7. The minimum Gasteiger partial charge on any atom is -0.378 e. The van der Waals surface area contributed by atoms with Crippen molar-refractivity contribution < 1.29 is 14.1 Å². The number of nitrogens with one attached hydrogen (secondary N) is 1. The summed E-state index contributed by atoms with van der Waals surface area (Å²) in [5.74, 6) is 0.995. The maximum absolute atomic E-state index is 13.3. The van der Waals surface area contributed by atoms with Gasteiger partial charge >= 0.3 is 0 Å². The van der Waals surface area contributed by atoms with Crippen LogP contribution in [0.5, 0.6) is 0 Å². The van der Waals surface area contributed by atoms with E-state index in [1.165, 1.54) is 12.8 Å². The molecule has 150 valence electrons. The summed E-state index contributed by atoms with van der Waals surface area (Å²) in [7, 11) is 0. The van der Waals surface area contributed by atoms with Gasteiger partial charge in [0.15, 0.2) is 11.6 Å². The summed E-state index contributed by atoms with van der Waals surface area (Å²) < 4.78 is 11.1. The minimum absolute atomic E-state index is 0.0571. The van der Waals surface area contributed by atoms with Crippen LogP contribution in [0.2, 0.25) is 0 Å². The molecule has 2 aromatic rings. The molecular weight excluding hydrogens is 356 g/mol. The molecule has 0 bridgehead atoms. The van der Waals surface area contributed by atoms with Crippen LogP contribution in [0.4, 0.5) is 5.82 Å². The van der Waals surface area contributed by atoms with Crippen LogP contribution in [0.15, 0.2) is 34.9 Å². The van der Waals surface area contributed by atoms with Gasteiger partial charge in [0.1, 0.15) is 5.56 Å². The van der Waals surface area contributed by atoms with Crippen molar-refractivity contribution in [3.63, 3.8) is 0 Å². The monoisotopic (exact) mass is 384 g/mol. The van der Waals surface area contributed by atoms with Gasteiger partial charge in [-0.05, 0) is 32.9 Å². The second kappa shape index (κ2) is 8.75. The number of carbonyl (C=O) groups is 1. The van der Waals surface area contributed by atoms with Crippen LogP contribution < -0.4 is 10.2 Å². The van der Waals surface area contributed by atoms with E-state index in [0.29, 0.717) is 43.4 Å². The molecule has 4 rings (SSSR count).